The number of nitrogens with two attached hydrogens (primary N) is 1. The van der Waals surface area contributed by atoms with Gasteiger partial charge in [0.05, 0.1) is 0 Å². The second-order valence-corrected chi connectivity index (χ2v) is 4.75. The highest BCUT2D eigenvalue weighted by Crippen LogP contribution is 2.36. The monoisotopic (exact) mass is 216 g/mol. The van der Waals surface area contributed by atoms with Crippen LogP contribution in [0.4, 0.5) is 0 Å². The van der Waals surface area contributed by atoms with Crippen molar-refractivity contribution in [1.29, 1.82) is 0 Å². The van der Waals surface area contributed by atoms with Crippen molar-refractivity contribution in [2.24, 2.45) is 5.73 Å². The standard InChI is InChI=1S/C12H12N2S/c13-11-5-4-8-9(11)2-1-3-10(8)12-14-6-7-15-12/h1-3,6-7,11H,4-5,13H2. The average molecular weight is 216 g/mol. The maximum absolute atomic E-state index is 6.05. The van der Waals surface area contributed by atoms with Gasteiger partial charge in [0.1, 0.15) is 5.01 Å². The first-order valence-electron chi connectivity index (χ1n) is 5.13. The van der Waals surface area contributed by atoms with Gasteiger partial charge in [-0.3, -0.25) is 0 Å². The minimum atomic E-state index is 0.222. The van der Waals surface area contributed by atoms with Gasteiger partial charge in [-0.1, -0.05) is 18.2 Å². The molecule has 2 aromatic rings. The summed E-state index contributed by atoms with van der Waals surface area (Å²) in [4.78, 5) is 4.37. The van der Waals surface area contributed by atoms with E-state index in [0.29, 0.717) is 0 Å². The molecule has 1 aliphatic carbocycles. The van der Waals surface area contributed by atoms with E-state index in [4.69, 9.17) is 5.73 Å². The number of hydrogen-bond acceptors (Lipinski definition) is 3. The number of aromatic nitrogens is 1. The fraction of sp³-hybridized carbons (Fsp3) is 0.250. The molecule has 1 aromatic carbocycles. The third-order valence-electron chi connectivity index (χ3n) is 2.98. The molecule has 0 radical (unpaired) electrons. The zero-order valence-electron chi connectivity index (χ0n) is 8.31. The Morgan fingerprint density at radius 2 is 2.33 bits per heavy atom. The molecule has 0 bridgehead atoms. The third kappa shape index (κ3) is 1.39. The lowest BCUT2D eigenvalue weighted by Crippen LogP contribution is -2.04. The Morgan fingerprint density at radius 3 is 3.13 bits per heavy atom. The Bertz CT molecular complexity index is 476. The van der Waals surface area contributed by atoms with Crippen molar-refractivity contribution in [2.75, 3.05) is 0 Å². The van der Waals surface area contributed by atoms with Crippen LogP contribution in [-0.4, -0.2) is 4.98 Å². The molecule has 3 rings (SSSR count). The summed E-state index contributed by atoms with van der Waals surface area (Å²) in [6.07, 6.45) is 4.01. The highest BCUT2D eigenvalue weighted by Gasteiger charge is 2.22. The lowest BCUT2D eigenvalue weighted by atomic mass is 10.0. The average Bonchev–Trinajstić information content (AvgIpc) is 2.88. The predicted molar refractivity (Wildman–Crippen MR) is 62.8 cm³/mol. The molecule has 3 heteroatoms. The van der Waals surface area contributed by atoms with Gasteiger partial charge in [0, 0.05) is 23.2 Å². The van der Waals surface area contributed by atoms with Crippen molar-refractivity contribution in [2.45, 2.75) is 18.9 Å². The Kier molecular flexibility index (Phi) is 2.08. The molecule has 0 saturated heterocycles. The minimum absolute atomic E-state index is 0.222. The Balaban J connectivity index is 2.18. The van der Waals surface area contributed by atoms with Gasteiger partial charge in [0.2, 0.25) is 0 Å². The zero-order chi connectivity index (χ0) is 10.3. The van der Waals surface area contributed by atoms with E-state index in [2.05, 4.69) is 23.2 Å². The van der Waals surface area contributed by atoms with Crippen LogP contribution in [0, 0.1) is 0 Å². The van der Waals surface area contributed by atoms with Gasteiger partial charge in [-0.05, 0) is 24.0 Å². The van der Waals surface area contributed by atoms with Crippen molar-refractivity contribution in [3.63, 3.8) is 0 Å². The lowest BCUT2D eigenvalue weighted by molar-refractivity contribution is 0.713. The highest BCUT2D eigenvalue weighted by atomic mass is 32.1. The van der Waals surface area contributed by atoms with Gasteiger partial charge in [0.15, 0.2) is 0 Å². The Morgan fingerprint density at radius 1 is 1.40 bits per heavy atom. The molecule has 1 atom stereocenters. The number of benzene rings is 1. The predicted octanol–water partition coefficient (Wildman–Crippen LogP) is 2.76. The third-order valence-corrected chi connectivity index (χ3v) is 3.79. The summed E-state index contributed by atoms with van der Waals surface area (Å²) < 4.78 is 0. The maximum atomic E-state index is 6.05. The number of hydrogen-bond donors (Lipinski definition) is 1. The summed E-state index contributed by atoms with van der Waals surface area (Å²) in [5.74, 6) is 0. The van der Waals surface area contributed by atoms with Crippen LogP contribution in [-0.2, 0) is 6.42 Å². The van der Waals surface area contributed by atoms with E-state index in [9.17, 15) is 0 Å². The van der Waals surface area contributed by atoms with Crippen molar-refractivity contribution < 1.29 is 0 Å². The second-order valence-electron chi connectivity index (χ2n) is 3.86. The van der Waals surface area contributed by atoms with Crippen LogP contribution < -0.4 is 5.73 Å². The molecule has 2 nitrogen and oxygen atoms in total. The summed E-state index contributed by atoms with van der Waals surface area (Å²) in [5, 5.41) is 3.13. The molecule has 2 N–H and O–H groups in total. The van der Waals surface area contributed by atoms with Crippen molar-refractivity contribution in [3.8, 4) is 10.6 Å². The molecule has 76 valence electrons. The number of fused-ring (bicyclic) bond motifs is 1. The van der Waals surface area contributed by atoms with Crippen molar-refractivity contribution >= 4 is 11.3 Å². The Hall–Kier alpha value is -1.19. The van der Waals surface area contributed by atoms with E-state index in [1.807, 2.05) is 11.6 Å². The molecule has 0 saturated carbocycles. The summed E-state index contributed by atoms with van der Waals surface area (Å²) in [6, 6.07) is 6.60. The summed E-state index contributed by atoms with van der Waals surface area (Å²) in [6.45, 7) is 0. The van der Waals surface area contributed by atoms with Crippen molar-refractivity contribution in [3.05, 3.63) is 40.9 Å². The smallest absolute Gasteiger partial charge is 0.123 e. The molecule has 1 aromatic heterocycles. The van der Waals surface area contributed by atoms with E-state index < -0.39 is 0 Å². The summed E-state index contributed by atoms with van der Waals surface area (Å²) in [7, 11) is 0. The Labute approximate surface area is 92.8 Å². The van der Waals surface area contributed by atoms with Gasteiger partial charge in [-0.25, -0.2) is 4.98 Å². The normalized spacial score (nSPS) is 19.1. The highest BCUT2D eigenvalue weighted by molar-refractivity contribution is 7.13. The van der Waals surface area contributed by atoms with Crippen molar-refractivity contribution in [1.82, 2.24) is 4.98 Å². The van der Waals surface area contributed by atoms with Gasteiger partial charge in [0.25, 0.3) is 0 Å². The van der Waals surface area contributed by atoms with Crippen LogP contribution in [0.1, 0.15) is 23.6 Å². The number of rotatable bonds is 1. The quantitative estimate of drug-likeness (QED) is 0.796. The summed E-state index contributed by atoms with van der Waals surface area (Å²) in [5.41, 5.74) is 10.0. The molecule has 15 heavy (non-hydrogen) atoms. The molecule has 0 fully saturated rings. The largest absolute Gasteiger partial charge is 0.324 e. The SMILES string of the molecule is NC1CCc2c(-c3nccs3)cccc21. The van der Waals surface area contributed by atoms with E-state index >= 15 is 0 Å². The number of thiazole rings is 1. The first-order chi connectivity index (χ1) is 7.36. The van der Waals surface area contributed by atoms with Gasteiger partial charge in [-0.2, -0.15) is 0 Å². The first-order valence-corrected chi connectivity index (χ1v) is 6.01. The van der Waals surface area contributed by atoms with Gasteiger partial charge < -0.3 is 5.73 Å². The molecular weight excluding hydrogens is 204 g/mol. The van der Waals surface area contributed by atoms with Crippen LogP contribution in [0.2, 0.25) is 0 Å². The van der Waals surface area contributed by atoms with Crippen LogP contribution in [0.3, 0.4) is 0 Å². The van der Waals surface area contributed by atoms with E-state index in [1.54, 1.807) is 11.3 Å². The number of nitrogens with zero attached hydrogens (tertiary/aromatic N) is 1. The van der Waals surface area contributed by atoms with E-state index in [0.717, 1.165) is 17.8 Å². The lowest BCUT2D eigenvalue weighted by Gasteiger charge is -2.07. The van der Waals surface area contributed by atoms with Gasteiger partial charge in [-0.15, -0.1) is 11.3 Å². The zero-order valence-corrected chi connectivity index (χ0v) is 9.13. The molecule has 0 spiro atoms. The van der Waals surface area contributed by atoms with E-state index in [-0.39, 0.29) is 6.04 Å². The van der Waals surface area contributed by atoms with Crippen LogP contribution in [0.5, 0.6) is 0 Å². The molecule has 0 amide bonds. The van der Waals surface area contributed by atoms with E-state index in [1.165, 1.54) is 16.7 Å². The second kappa shape index (κ2) is 3.43. The first kappa shape index (κ1) is 9.07. The molecule has 0 aliphatic heterocycles. The molecular formula is C12H12N2S. The minimum Gasteiger partial charge on any atom is -0.324 e. The molecule has 1 heterocycles. The van der Waals surface area contributed by atoms with Crippen LogP contribution in [0.25, 0.3) is 10.6 Å². The summed E-state index contributed by atoms with van der Waals surface area (Å²) >= 11 is 1.69. The molecule has 1 aliphatic rings. The topological polar surface area (TPSA) is 38.9 Å². The van der Waals surface area contributed by atoms with Crippen LogP contribution in [0.15, 0.2) is 29.8 Å². The fourth-order valence-electron chi connectivity index (χ4n) is 2.24. The van der Waals surface area contributed by atoms with Gasteiger partial charge >= 0.3 is 0 Å². The van der Waals surface area contributed by atoms with Crippen LogP contribution >= 0.6 is 11.3 Å². The maximum Gasteiger partial charge on any atom is 0.123 e. The fourth-order valence-corrected chi connectivity index (χ4v) is 2.93. The molecule has 1 unspecified atom stereocenters.